The quantitative estimate of drug-likeness (QED) is 0.190. The van der Waals surface area contributed by atoms with E-state index in [1.165, 1.54) is 29.2 Å². The third kappa shape index (κ3) is 6.12. The zero-order valence-electron chi connectivity index (χ0n) is 25.2. The number of ether oxygens (including phenoxy) is 4. The Morgan fingerprint density at radius 1 is 0.911 bits per heavy atom. The number of carbonyl (C=O) groups is 1. The number of esters is 1. The van der Waals surface area contributed by atoms with Gasteiger partial charge >= 0.3 is 5.97 Å². The highest BCUT2D eigenvalue weighted by Crippen LogP contribution is 2.35. The SMILES string of the molecule is CCOc1ccc([C@H]2C(C(=O)OC)=CN=c3s/c(=C/c4cccc(OCc5cccc6ccccc56)c4)c(=O)n32)cc1OCC. The second-order valence-corrected chi connectivity index (χ2v) is 11.3. The molecule has 0 N–H and O–H groups in total. The number of fused-ring (bicyclic) bond motifs is 2. The number of methoxy groups -OCH3 is 1. The first-order valence-electron chi connectivity index (χ1n) is 14.7. The number of thiazole rings is 1. The monoisotopic (exact) mass is 620 g/mol. The van der Waals surface area contributed by atoms with Crippen molar-refractivity contribution in [2.75, 3.05) is 20.3 Å². The fourth-order valence-electron chi connectivity index (χ4n) is 5.41. The molecule has 0 bridgehead atoms. The van der Waals surface area contributed by atoms with E-state index in [4.69, 9.17) is 18.9 Å². The topological polar surface area (TPSA) is 88.4 Å². The minimum Gasteiger partial charge on any atom is -0.490 e. The van der Waals surface area contributed by atoms with Crippen molar-refractivity contribution in [1.29, 1.82) is 0 Å². The second-order valence-electron chi connectivity index (χ2n) is 10.2. The third-order valence-electron chi connectivity index (χ3n) is 7.44. The maximum Gasteiger partial charge on any atom is 0.337 e. The minimum atomic E-state index is -0.763. The van der Waals surface area contributed by atoms with Gasteiger partial charge in [0.1, 0.15) is 12.4 Å². The van der Waals surface area contributed by atoms with Gasteiger partial charge in [0.15, 0.2) is 16.3 Å². The Morgan fingerprint density at radius 2 is 1.69 bits per heavy atom. The Balaban J connectivity index is 1.35. The summed E-state index contributed by atoms with van der Waals surface area (Å²) < 4.78 is 24.8. The van der Waals surface area contributed by atoms with Crippen molar-refractivity contribution in [1.82, 2.24) is 4.57 Å². The van der Waals surface area contributed by atoms with Crippen LogP contribution in [0, 0.1) is 0 Å². The summed E-state index contributed by atoms with van der Waals surface area (Å²) in [5, 5.41) is 2.31. The molecule has 45 heavy (non-hydrogen) atoms. The average Bonchev–Trinajstić information content (AvgIpc) is 3.38. The van der Waals surface area contributed by atoms with Crippen molar-refractivity contribution in [3.63, 3.8) is 0 Å². The Morgan fingerprint density at radius 3 is 2.51 bits per heavy atom. The van der Waals surface area contributed by atoms with Crippen molar-refractivity contribution >= 4 is 34.2 Å². The normalized spacial score (nSPS) is 14.3. The summed E-state index contributed by atoms with van der Waals surface area (Å²) in [5.74, 6) is 1.23. The standard InChI is InChI=1S/C36H32N2O6S/c1-4-42-30-17-16-25(20-31(30)43-5-2)33-29(35(40)41-3)21-37-36-38(33)34(39)32(45-36)19-23-10-8-14-27(18-23)44-22-26-13-9-12-24-11-6-7-15-28(24)26/h6-21,33H,4-5,22H2,1-3H3/b32-19+/t33-/m0/s1. The van der Waals surface area contributed by atoms with Gasteiger partial charge < -0.3 is 18.9 Å². The first kappa shape index (κ1) is 29.9. The molecular weight excluding hydrogens is 588 g/mol. The van der Waals surface area contributed by atoms with Crippen LogP contribution in [-0.4, -0.2) is 30.9 Å². The zero-order valence-corrected chi connectivity index (χ0v) is 26.0. The summed E-state index contributed by atoms with van der Waals surface area (Å²) in [6, 6.07) is 26.7. The molecule has 1 aliphatic rings. The number of nitrogens with zero attached hydrogens (tertiary/aromatic N) is 2. The van der Waals surface area contributed by atoms with Crippen LogP contribution in [0.4, 0.5) is 0 Å². The highest BCUT2D eigenvalue weighted by molar-refractivity contribution is 7.07. The molecule has 0 aliphatic carbocycles. The maximum atomic E-state index is 14.0. The van der Waals surface area contributed by atoms with Crippen molar-refractivity contribution in [2.45, 2.75) is 26.5 Å². The largest absolute Gasteiger partial charge is 0.490 e. The minimum absolute atomic E-state index is 0.242. The number of carbonyl (C=O) groups excluding carboxylic acids is 1. The first-order chi connectivity index (χ1) is 22.0. The Kier molecular flexibility index (Phi) is 8.79. The highest BCUT2D eigenvalue weighted by Gasteiger charge is 2.31. The summed E-state index contributed by atoms with van der Waals surface area (Å²) in [6.07, 6.45) is 3.29. The molecule has 0 amide bonds. The molecule has 1 atom stereocenters. The molecule has 0 saturated carbocycles. The lowest BCUT2D eigenvalue weighted by molar-refractivity contribution is -0.136. The molecule has 0 radical (unpaired) electrons. The van der Waals surface area contributed by atoms with E-state index in [0.29, 0.717) is 52.0 Å². The molecule has 5 aromatic rings. The van der Waals surface area contributed by atoms with E-state index in [-0.39, 0.29) is 11.1 Å². The fourth-order valence-corrected chi connectivity index (χ4v) is 6.38. The van der Waals surface area contributed by atoms with Crippen LogP contribution in [0.25, 0.3) is 16.8 Å². The lowest BCUT2D eigenvalue weighted by Crippen LogP contribution is -2.39. The van der Waals surface area contributed by atoms with E-state index < -0.39 is 12.0 Å². The van der Waals surface area contributed by atoms with E-state index in [0.717, 1.165) is 21.9 Å². The van der Waals surface area contributed by atoms with Gasteiger partial charge in [-0.15, -0.1) is 0 Å². The number of hydrogen-bond donors (Lipinski definition) is 0. The summed E-state index contributed by atoms with van der Waals surface area (Å²) >= 11 is 1.25. The summed E-state index contributed by atoms with van der Waals surface area (Å²) in [5.41, 5.74) is 2.54. The molecule has 0 spiro atoms. The predicted octanol–water partition coefficient (Wildman–Crippen LogP) is 5.55. The molecule has 4 aromatic carbocycles. The highest BCUT2D eigenvalue weighted by atomic mass is 32.1. The number of aromatic nitrogens is 1. The van der Waals surface area contributed by atoms with Crippen LogP contribution in [0.1, 0.15) is 36.6 Å². The van der Waals surface area contributed by atoms with Crippen LogP contribution in [0.15, 0.2) is 106 Å². The average molecular weight is 621 g/mol. The summed E-state index contributed by atoms with van der Waals surface area (Å²) in [4.78, 5) is 31.8. The van der Waals surface area contributed by atoms with E-state index in [2.05, 4.69) is 29.3 Å². The van der Waals surface area contributed by atoms with Crippen LogP contribution in [-0.2, 0) is 16.1 Å². The summed E-state index contributed by atoms with van der Waals surface area (Å²) in [7, 11) is 1.31. The van der Waals surface area contributed by atoms with E-state index in [9.17, 15) is 9.59 Å². The van der Waals surface area contributed by atoms with Crippen molar-refractivity contribution in [3.8, 4) is 17.2 Å². The van der Waals surface area contributed by atoms with Crippen molar-refractivity contribution in [3.05, 3.63) is 133 Å². The lowest BCUT2D eigenvalue weighted by Gasteiger charge is -2.23. The van der Waals surface area contributed by atoms with Gasteiger partial charge in [0, 0.05) is 6.20 Å². The smallest absolute Gasteiger partial charge is 0.337 e. The molecule has 0 unspecified atom stereocenters. The maximum absolute atomic E-state index is 14.0. The summed E-state index contributed by atoms with van der Waals surface area (Å²) in [6.45, 7) is 5.09. The molecule has 2 heterocycles. The van der Waals surface area contributed by atoms with E-state index >= 15 is 0 Å². The fraction of sp³-hybridized carbons (Fsp3) is 0.194. The molecule has 228 valence electrons. The molecule has 9 heteroatoms. The number of benzene rings is 4. The second kappa shape index (κ2) is 13.2. The molecule has 0 saturated heterocycles. The van der Waals surface area contributed by atoms with Crippen molar-refractivity contribution < 1.29 is 23.7 Å². The van der Waals surface area contributed by atoms with E-state index in [1.54, 1.807) is 12.1 Å². The van der Waals surface area contributed by atoms with Gasteiger partial charge in [-0.05, 0) is 71.7 Å². The number of rotatable bonds is 10. The van der Waals surface area contributed by atoms with Gasteiger partial charge in [0.25, 0.3) is 5.56 Å². The first-order valence-corrected chi connectivity index (χ1v) is 15.5. The Labute approximate surface area is 264 Å². The van der Waals surface area contributed by atoms with Gasteiger partial charge in [0.05, 0.1) is 36.5 Å². The molecule has 6 rings (SSSR count). The van der Waals surface area contributed by atoms with Gasteiger partial charge in [-0.3, -0.25) is 9.36 Å². The molecule has 1 aliphatic heterocycles. The van der Waals surface area contributed by atoms with Crippen LogP contribution < -0.4 is 29.1 Å². The predicted molar refractivity (Wildman–Crippen MR) is 175 cm³/mol. The molecular formula is C36H32N2O6S. The third-order valence-corrected chi connectivity index (χ3v) is 8.44. The van der Waals surface area contributed by atoms with Crippen LogP contribution in [0.3, 0.4) is 0 Å². The van der Waals surface area contributed by atoms with Gasteiger partial charge in [0.2, 0.25) is 0 Å². The van der Waals surface area contributed by atoms with Gasteiger partial charge in [-0.25, -0.2) is 9.79 Å². The molecule has 8 nitrogen and oxygen atoms in total. The lowest BCUT2D eigenvalue weighted by atomic mass is 9.97. The van der Waals surface area contributed by atoms with Gasteiger partial charge in [-0.2, -0.15) is 0 Å². The Hall–Kier alpha value is -5.15. The van der Waals surface area contributed by atoms with Crippen molar-refractivity contribution in [2.24, 2.45) is 4.99 Å². The molecule has 1 aromatic heterocycles. The number of hydrogen-bond acceptors (Lipinski definition) is 8. The molecule has 0 fully saturated rings. The zero-order chi connectivity index (χ0) is 31.3. The van der Waals surface area contributed by atoms with Crippen LogP contribution >= 0.6 is 11.3 Å². The van der Waals surface area contributed by atoms with Gasteiger partial charge in [-0.1, -0.05) is 72.0 Å². The van der Waals surface area contributed by atoms with Crippen LogP contribution in [0.2, 0.25) is 0 Å². The van der Waals surface area contributed by atoms with E-state index in [1.807, 2.05) is 68.5 Å². The Bertz CT molecular complexity index is 2090. The van der Waals surface area contributed by atoms with Crippen LogP contribution in [0.5, 0.6) is 17.2 Å².